The van der Waals surface area contributed by atoms with Gasteiger partial charge in [0.1, 0.15) is 11.1 Å². The smallest absolute Gasteiger partial charge is 0.416 e. The first-order chi connectivity index (χ1) is 21.9. The minimum absolute atomic E-state index is 0.205. The number of aliphatic hydroxyl groups excluding tert-OH is 1. The highest BCUT2D eigenvalue weighted by Crippen LogP contribution is 2.36. The van der Waals surface area contributed by atoms with Gasteiger partial charge in [-0.25, -0.2) is 4.98 Å². The maximum absolute atomic E-state index is 13.8. The average Bonchev–Trinajstić information content (AvgIpc) is 3.58. The topological polar surface area (TPSA) is 95.0 Å². The van der Waals surface area contributed by atoms with E-state index in [1.807, 2.05) is 36.4 Å². The standard InChI is InChI=1S/C34H35F3N4O4S/c1-21-17-41(22(2)20-42)33(44)27-5-4-6-28(39-31(43)24-9-11-25(12-10-24)32-38-15-16-46-32)30(27)45-29(21)19-40(3)18-23-7-13-26(14-8-23)34(35,36)37/h4-16,21-22,29,42H,17-20H2,1-3H3,(H,39,43)/t21-,22+,29-/m1/s1. The summed E-state index contributed by atoms with van der Waals surface area (Å²) in [5.74, 6) is -0.705. The Morgan fingerprint density at radius 2 is 1.87 bits per heavy atom. The molecule has 5 rings (SSSR count). The Bertz CT molecular complexity index is 1650. The molecule has 1 aliphatic heterocycles. The summed E-state index contributed by atoms with van der Waals surface area (Å²) in [7, 11) is 1.84. The zero-order valence-electron chi connectivity index (χ0n) is 25.6. The number of alkyl halides is 3. The highest BCUT2D eigenvalue weighted by atomic mass is 32.1. The number of anilines is 1. The number of fused-ring (bicyclic) bond motifs is 1. The molecule has 0 fully saturated rings. The van der Waals surface area contributed by atoms with Gasteiger partial charge >= 0.3 is 6.18 Å². The Hall–Kier alpha value is -4.26. The van der Waals surface area contributed by atoms with Gasteiger partial charge in [-0.05, 0) is 55.9 Å². The van der Waals surface area contributed by atoms with E-state index in [9.17, 15) is 27.9 Å². The molecule has 0 spiro atoms. The Balaban J connectivity index is 1.40. The first-order valence-corrected chi connectivity index (χ1v) is 15.7. The molecule has 0 saturated heterocycles. The molecule has 8 nitrogen and oxygen atoms in total. The monoisotopic (exact) mass is 652 g/mol. The van der Waals surface area contributed by atoms with E-state index < -0.39 is 23.9 Å². The van der Waals surface area contributed by atoms with Gasteiger partial charge in [0.05, 0.1) is 29.5 Å². The maximum atomic E-state index is 13.8. The number of hydrogen-bond acceptors (Lipinski definition) is 7. The van der Waals surface area contributed by atoms with Crippen LogP contribution in [0.5, 0.6) is 5.75 Å². The summed E-state index contributed by atoms with van der Waals surface area (Å²) in [4.78, 5) is 35.0. The van der Waals surface area contributed by atoms with Crippen molar-refractivity contribution in [3.8, 4) is 16.3 Å². The maximum Gasteiger partial charge on any atom is 0.416 e. The average molecular weight is 653 g/mol. The number of thiazole rings is 1. The van der Waals surface area contributed by atoms with Crippen LogP contribution in [0.4, 0.5) is 18.9 Å². The van der Waals surface area contributed by atoms with Gasteiger partial charge < -0.3 is 20.1 Å². The van der Waals surface area contributed by atoms with Crippen molar-refractivity contribution in [2.75, 3.05) is 32.1 Å². The number of aliphatic hydroxyl groups is 1. The van der Waals surface area contributed by atoms with Crippen molar-refractivity contribution in [3.63, 3.8) is 0 Å². The van der Waals surface area contributed by atoms with Gasteiger partial charge in [0.25, 0.3) is 11.8 Å². The van der Waals surface area contributed by atoms with Crippen molar-refractivity contribution < 1.29 is 32.6 Å². The number of halogens is 3. The van der Waals surface area contributed by atoms with Gasteiger partial charge in [0, 0.05) is 48.3 Å². The molecular weight excluding hydrogens is 617 g/mol. The normalized spacial score (nSPS) is 17.6. The van der Waals surface area contributed by atoms with Crippen LogP contribution in [0.1, 0.15) is 45.7 Å². The quantitative estimate of drug-likeness (QED) is 0.216. The molecule has 0 bridgehead atoms. The molecule has 1 aromatic heterocycles. The van der Waals surface area contributed by atoms with E-state index in [0.717, 1.165) is 22.7 Å². The number of nitrogens with one attached hydrogen (secondary N) is 1. The lowest BCUT2D eigenvalue weighted by Gasteiger charge is -2.38. The fourth-order valence-corrected chi connectivity index (χ4v) is 6.01. The molecule has 2 amide bonds. The number of para-hydroxylation sites is 1. The lowest BCUT2D eigenvalue weighted by molar-refractivity contribution is -0.137. The fraction of sp³-hybridized carbons (Fsp3) is 0.324. The molecule has 4 aromatic rings. The number of carbonyl (C=O) groups is 2. The summed E-state index contributed by atoms with van der Waals surface area (Å²) in [6, 6.07) is 16.6. The van der Waals surface area contributed by atoms with Crippen molar-refractivity contribution in [1.82, 2.24) is 14.8 Å². The second kappa shape index (κ2) is 14.0. The van der Waals surface area contributed by atoms with Crippen molar-refractivity contribution in [3.05, 3.63) is 101 Å². The number of amides is 2. The largest absolute Gasteiger partial charge is 0.486 e. The minimum Gasteiger partial charge on any atom is -0.486 e. The van der Waals surface area contributed by atoms with E-state index in [1.165, 1.54) is 23.5 Å². The predicted octanol–water partition coefficient (Wildman–Crippen LogP) is 6.43. The van der Waals surface area contributed by atoms with Crippen molar-refractivity contribution in [2.45, 2.75) is 38.7 Å². The van der Waals surface area contributed by atoms with E-state index >= 15 is 0 Å². The summed E-state index contributed by atoms with van der Waals surface area (Å²) in [5.41, 5.74) is 1.86. The van der Waals surface area contributed by atoms with Gasteiger partial charge in [-0.3, -0.25) is 14.5 Å². The third-order valence-corrected chi connectivity index (χ3v) is 8.81. The first-order valence-electron chi connectivity index (χ1n) is 14.8. The van der Waals surface area contributed by atoms with Crippen molar-refractivity contribution in [1.29, 1.82) is 0 Å². The molecule has 1 aliphatic rings. The molecule has 0 saturated carbocycles. The van der Waals surface area contributed by atoms with Crippen LogP contribution in [0.15, 0.2) is 78.3 Å². The molecule has 12 heteroatoms. The number of hydrogen-bond donors (Lipinski definition) is 2. The van der Waals surface area contributed by atoms with E-state index in [-0.39, 0.29) is 35.7 Å². The van der Waals surface area contributed by atoms with E-state index in [1.54, 1.807) is 48.4 Å². The summed E-state index contributed by atoms with van der Waals surface area (Å²) in [6.07, 6.45) is -3.17. The van der Waals surface area contributed by atoms with Gasteiger partial charge in [-0.2, -0.15) is 13.2 Å². The van der Waals surface area contributed by atoms with Crippen LogP contribution in [0, 0.1) is 5.92 Å². The lowest BCUT2D eigenvalue weighted by Crippen LogP contribution is -2.49. The Morgan fingerprint density at radius 3 is 2.50 bits per heavy atom. The molecule has 242 valence electrons. The molecular formula is C34H35F3N4O4S. The molecule has 2 N–H and O–H groups in total. The summed E-state index contributed by atoms with van der Waals surface area (Å²) in [6.45, 7) is 4.51. The highest BCUT2D eigenvalue weighted by Gasteiger charge is 2.35. The minimum atomic E-state index is -4.41. The van der Waals surface area contributed by atoms with E-state index in [0.29, 0.717) is 36.4 Å². The number of likely N-dealkylation sites (N-methyl/N-ethyl adjacent to an activating group) is 1. The van der Waals surface area contributed by atoms with Gasteiger partial charge in [-0.1, -0.05) is 37.3 Å². The van der Waals surface area contributed by atoms with E-state index in [2.05, 4.69) is 10.3 Å². The number of ether oxygens (including phenoxy) is 1. The van der Waals surface area contributed by atoms with Gasteiger partial charge in [0.15, 0.2) is 5.75 Å². The second-order valence-electron chi connectivity index (χ2n) is 11.6. The molecule has 46 heavy (non-hydrogen) atoms. The van der Waals surface area contributed by atoms with Crippen molar-refractivity contribution in [2.24, 2.45) is 5.92 Å². The number of benzene rings is 3. The second-order valence-corrected chi connectivity index (χ2v) is 12.5. The van der Waals surface area contributed by atoms with Gasteiger partial charge in [0.2, 0.25) is 0 Å². The number of nitrogens with zero attached hydrogens (tertiary/aromatic N) is 3. The van der Waals surface area contributed by atoms with Crippen LogP contribution >= 0.6 is 11.3 Å². The van der Waals surface area contributed by atoms with Crippen molar-refractivity contribution >= 4 is 28.8 Å². The van der Waals surface area contributed by atoms with E-state index in [4.69, 9.17) is 4.74 Å². The Morgan fingerprint density at radius 1 is 1.15 bits per heavy atom. The zero-order valence-corrected chi connectivity index (χ0v) is 26.4. The number of carbonyl (C=O) groups excluding carboxylic acids is 2. The highest BCUT2D eigenvalue weighted by molar-refractivity contribution is 7.13. The molecule has 0 radical (unpaired) electrons. The van der Waals surface area contributed by atoms with Crippen LogP contribution in [0.2, 0.25) is 0 Å². The Labute approximate surface area is 269 Å². The SMILES string of the molecule is C[C@@H]1CN([C@@H](C)CO)C(=O)c2cccc(NC(=O)c3ccc(-c4nccs4)cc3)c2O[C@@H]1CN(C)Cc1ccc(C(F)(F)F)cc1. The number of rotatable bonds is 9. The first kappa shape index (κ1) is 33.1. The Kier molecular flexibility index (Phi) is 10.1. The van der Waals surface area contributed by atoms with Crippen LogP contribution < -0.4 is 10.1 Å². The van der Waals surface area contributed by atoms with Gasteiger partial charge in [-0.15, -0.1) is 11.3 Å². The van der Waals surface area contributed by atoms with Crippen LogP contribution in [0.25, 0.3) is 10.6 Å². The molecule has 0 unspecified atom stereocenters. The summed E-state index contributed by atoms with van der Waals surface area (Å²) in [5, 5.41) is 15.6. The van der Waals surface area contributed by atoms with Crippen LogP contribution in [-0.2, 0) is 12.7 Å². The third-order valence-electron chi connectivity index (χ3n) is 7.99. The molecule has 0 aliphatic carbocycles. The molecule has 2 heterocycles. The molecule has 3 atom stereocenters. The predicted molar refractivity (Wildman–Crippen MR) is 171 cm³/mol. The summed E-state index contributed by atoms with van der Waals surface area (Å²) >= 11 is 1.50. The molecule has 3 aromatic carbocycles. The van der Waals surface area contributed by atoms with Crippen LogP contribution in [-0.4, -0.2) is 70.6 Å². The lowest BCUT2D eigenvalue weighted by atomic mass is 9.98. The van der Waals surface area contributed by atoms with Crippen LogP contribution in [0.3, 0.4) is 0 Å². The zero-order chi connectivity index (χ0) is 33.0. The number of aromatic nitrogens is 1. The fourth-order valence-electron chi connectivity index (χ4n) is 5.37. The summed E-state index contributed by atoms with van der Waals surface area (Å²) < 4.78 is 45.7. The third kappa shape index (κ3) is 7.57.